The van der Waals surface area contributed by atoms with Crippen LogP contribution in [0.25, 0.3) is 0 Å². The van der Waals surface area contributed by atoms with Gasteiger partial charge in [-0.25, -0.2) is 8.42 Å². The zero-order valence-corrected chi connectivity index (χ0v) is 11.9. The van der Waals surface area contributed by atoms with Gasteiger partial charge in [-0.15, -0.1) is 0 Å². The van der Waals surface area contributed by atoms with Crippen molar-refractivity contribution in [3.8, 4) is 0 Å². The van der Waals surface area contributed by atoms with Crippen LogP contribution in [-0.4, -0.2) is 50.3 Å². The molecule has 1 aliphatic heterocycles. The molecule has 0 amide bonds. The predicted molar refractivity (Wildman–Crippen MR) is 70.8 cm³/mol. The first kappa shape index (κ1) is 14.2. The van der Waals surface area contributed by atoms with Crippen LogP contribution in [-0.2, 0) is 14.8 Å². The molecule has 0 aromatic rings. The van der Waals surface area contributed by atoms with Crippen molar-refractivity contribution in [2.45, 2.75) is 55.9 Å². The number of nitrogens with zero attached hydrogens (tertiary/aromatic N) is 1. The number of hydrogen-bond acceptors (Lipinski definition) is 4. The van der Waals surface area contributed by atoms with Crippen LogP contribution in [0.15, 0.2) is 0 Å². The molecule has 0 spiro atoms. The number of hydrogen-bond donors (Lipinski definition) is 1. The Balaban J connectivity index is 2.11. The molecule has 2 atom stereocenters. The fourth-order valence-electron chi connectivity index (χ4n) is 3.13. The summed E-state index contributed by atoms with van der Waals surface area (Å²) in [5.41, 5.74) is 5.74. The molecule has 1 aliphatic carbocycles. The van der Waals surface area contributed by atoms with E-state index in [0.717, 1.165) is 38.5 Å². The number of piperidine rings is 1. The molecule has 2 N–H and O–H groups in total. The number of rotatable bonds is 4. The quantitative estimate of drug-likeness (QED) is 0.820. The molecule has 2 unspecified atom stereocenters. The van der Waals surface area contributed by atoms with E-state index in [1.807, 2.05) is 0 Å². The fraction of sp³-hybridized carbons (Fsp3) is 1.00. The van der Waals surface area contributed by atoms with E-state index in [1.165, 1.54) is 0 Å². The highest BCUT2D eigenvalue weighted by atomic mass is 32.2. The summed E-state index contributed by atoms with van der Waals surface area (Å²) in [5, 5.41) is -0.175. The van der Waals surface area contributed by atoms with Crippen molar-refractivity contribution in [2.24, 2.45) is 5.73 Å². The van der Waals surface area contributed by atoms with E-state index >= 15 is 0 Å². The molecule has 2 fully saturated rings. The van der Waals surface area contributed by atoms with Gasteiger partial charge < -0.3 is 10.5 Å². The van der Waals surface area contributed by atoms with Crippen molar-refractivity contribution in [1.82, 2.24) is 4.31 Å². The van der Waals surface area contributed by atoms with Gasteiger partial charge >= 0.3 is 0 Å². The first-order chi connectivity index (χ1) is 8.59. The van der Waals surface area contributed by atoms with Crippen LogP contribution in [0.3, 0.4) is 0 Å². The third kappa shape index (κ3) is 2.71. The van der Waals surface area contributed by atoms with E-state index in [9.17, 15) is 8.42 Å². The third-order valence-electron chi connectivity index (χ3n) is 4.27. The monoisotopic (exact) mass is 276 g/mol. The van der Waals surface area contributed by atoms with Crippen LogP contribution < -0.4 is 5.73 Å². The SMILES string of the molecule is COC1CCN(S(=O)(=O)C2CCCC2)C(CN)C1. The minimum absolute atomic E-state index is 0.0886. The zero-order valence-electron chi connectivity index (χ0n) is 11.0. The van der Waals surface area contributed by atoms with Crippen molar-refractivity contribution in [3.05, 3.63) is 0 Å². The normalized spacial score (nSPS) is 31.9. The Morgan fingerprint density at radius 2 is 1.94 bits per heavy atom. The Labute approximate surface area is 110 Å². The maximum absolute atomic E-state index is 12.6. The molecule has 106 valence electrons. The highest BCUT2D eigenvalue weighted by Crippen LogP contribution is 2.31. The van der Waals surface area contributed by atoms with E-state index in [2.05, 4.69) is 0 Å². The second-order valence-electron chi connectivity index (χ2n) is 5.33. The molecule has 0 radical (unpaired) electrons. The molecule has 6 heteroatoms. The van der Waals surface area contributed by atoms with Crippen LogP contribution in [0.2, 0.25) is 0 Å². The maximum Gasteiger partial charge on any atom is 0.217 e. The average Bonchev–Trinajstić information content (AvgIpc) is 2.92. The number of methoxy groups -OCH3 is 1. The van der Waals surface area contributed by atoms with Crippen molar-refractivity contribution >= 4 is 10.0 Å². The van der Waals surface area contributed by atoms with E-state index < -0.39 is 10.0 Å². The largest absolute Gasteiger partial charge is 0.381 e. The van der Waals surface area contributed by atoms with Crippen molar-refractivity contribution in [2.75, 3.05) is 20.2 Å². The van der Waals surface area contributed by atoms with Gasteiger partial charge in [-0.3, -0.25) is 0 Å². The van der Waals surface area contributed by atoms with E-state index in [-0.39, 0.29) is 17.4 Å². The van der Waals surface area contributed by atoms with Gasteiger partial charge in [-0.05, 0) is 25.7 Å². The van der Waals surface area contributed by atoms with Crippen LogP contribution in [0, 0.1) is 0 Å². The Morgan fingerprint density at radius 3 is 2.50 bits per heavy atom. The van der Waals surface area contributed by atoms with Gasteiger partial charge in [0.15, 0.2) is 0 Å². The lowest BCUT2D eigenvalue weighted by Gasteiger charge is -2.38. The number of sulfonamides is 1. The van der Waals surface area contributed by atoms with Gasteiger partial charge in [-0.2, -0.15) is 4.31 Å². The first-order valence-corrected chi connectivity index (χ1v) is 8.33. The Bertz CT molecular complexity index is 366. The lowest BCUT2D eigenvalue weighted by atomic mass is 10.0. The summed E-state index contributed by atoms with van der Waals surface area (Å²) >= 11 is 0. The first-order valence-electron chi connectivity index (χ1n) is 6.83. The van der Waals surface area contributed by atoms with Crippen LogP contribution >= 0.6 is 0 Å². The molecule has 2 rings (SSSR count). The molecule has 5 nitrogen and oxygen atoms in total. The van der Waals surface area contributed by atoms with Gasteiger partial charge in [-0.1, -0.05) is 12.8 Å². The Hall–Kier alpha value is -0.170. The lowest BCUT2D eigenvalue weighted by Crippen LogP contribution is -2.53. The summed E-state index contributed by atoms with van der Waals surface area (Å²) in [5.74, 6) is 0. The topological polar surface area (TPSA) is 72.6 Å². The summed E-state index contributed by atoms with van der Waals surface area (Å²) in [4.78, 5) is 0. The van der Waals surface area contributed by atoms with Gasteiger partial charge in [0, 0.05) is 26.2 Å². The summed E-state index contributed by atoms with van der Waals surface area (Å²) in [6, 6.07) is -0.0886. The van der Waals surface area contributed by atoms with Gasteiger partial charge in [0.05, 0.1) is 11.4 Å². The third-order valence-corrected chi connectivity index (χ3v) is 6.72. The molecular formula is C12H24N2O3S. The van der Waals surface area contributed by atoms with Crippen LogP contribution in [0.5, 0.6) is 0 Å². The summed E-state index contributed by atoms with van der Waals surface area (Å²) in [7, 11) is -1.48. The van der Waals surface area contributed by atoms with Crippen molar-refractivity contribution < 1.29 is 13.2 Å². The molecule has 18 heavy (non-hydrogen) atoms. The van der Waals surface area contributed by atoms with Gasteiger partial charge in [0.1, 0.15) is 0 Å². The lowest BCUT2D eigenvalue weighted by molar-refractivity contribution is 0.0399. The van der Waals surface area contributed by atoms with Crippen LogP contribution in [0.4, 0.5) is 0 Å². The molecule has 0 aromatic carbocycles. The van der Waals surface area contributed by atoms with E-state index in [4.69, 9.17) is 10.5 Å². The molecular weight excluding hydrogens is 252 g/mol. The standard InChI is InChI=1S/C12H24N2O3S/c1-17-11-6-7-14(10(8-11)9-13)18(15,16)12-4-2-3-5-12/h10-12H,2-9,13H2,1H3. The highest BCUT2D eigenvalue weighted by Gasteiger charge is 2.40. The minimum Gasteiger partial charge on any atom is -0.381 e. The summed E-state index contributed by atoms with van der Waals surface area (Å²) in [6.07, 6.45) is 5.33. The summed E-state index contributed by atoms with van der Waals surface area (Å²) < 4.78 is 32.1. The Kier molecular flexibility index (Phi) is 4.64. The van der Waals surface area contributed by atoms with Crippen LogP contribution in [0.1, 0.15) is 38.5 Å². The van der Waals surface area contributed by atoms with Crippen molar-refractivity contribution in [3.63, 3.8) is 0 Å². The maximum atomic E-state index is 12.6. The zero-order chi connectivity index (χ0) is 13.2. The number of nitrogens with two attached hydrogens (primary N) is 1. The predicted octanol–water partition coefficient (Wildman–Crippen LogP) is 0.697. The van der Waals surface area contributed by atoms with Gasteiger partial charge in [0.25, 0.3) is 0 Å². The minimum atomic E-state index is -3.16. The molecule has 0 aromatic heterocycles. The second-order valence-corrected chi connectivity index (χ2v) is 7.50. The molecule has 1 heterocycles. The summed E-state index contributed by atoms with van der Waals surface area (Å²) in [6.45, 7) is 0.936. The smallest absolute Gasteiger partial charge is 0.217 e. The fourth-order valence-corrected chi connectivity index (χ4v) is 5.39. The molecule has 2 aliphatic rings. The van der Waals surface area contributed by atoms with Gasteiger partial charge in [0.2, 0.25) is 10.0 Å². The molecule has 1 saturated carbocycles. The molecule has 1 saturated heterocycles. The van der Waals surface area contributed by atoms with E-state index in [0.29, 0.717) is 13.1 Å². The second kappa shape index (κ2) is 5.86. The number of ether oxygens (including phenoxy) is 1. The highest BCUT2D eigenvalue weighted by molar-refractivity contribution is 7.89. The molecule has 0 bridgehead atoms. The average molecular weight is 276 g/mol. The Morgan fingerprint density at radius 1 is 1.28 bits per heavy atom. The van der Waals surface area contributed by atoms with E-state index in [1.54, 1.807) is 11.4 Å². The van der Waals surface area contributed by atoms with Crippen molar-refractivity contribution in [1.29, 1.82) is 0 Å².